The van der Waals surface area contributed by atoms with Gasteiger partial charge in [-0.15, -0.1) is 0 Å². The first-order chi connectivity index (χ1) is 8.24. The van der Waals surface area contributed by atoms with Crippen molar-refractivity contribution in [1.82, 2.24) is 5.32 Å². The van der Waals surface area contributed by atoms with Crippen molar-refractivity contribution in [3.63, 3.8) is 0 Å². The van der Waals surface area contributed by atoms with Crippen LogP contribution in [0.25, 0.3) is 0 Å². The second-order valence-corrected chi connectivity index (χ2v) is 5.12. The van der Waals surface area contributed by atoms with Crippen LogP contribution < -0.4 is 5.32 Å². The SMILES string of the molecule is CC1C=CC2=C(CC(=O)C3=C(CCC=C3)N2)C1. The van der Waals surface area contributed by atoms with Crippen LogP contribution in [0.4, 0.5) is 0 Å². The quantitative estimate of drug-likeness (QED) is 0.689. The minimum atomic E-state index is 0.274. The first-order valence-corrected chi connectivity index (χ1v) is 6.34. The van der Waals surface area contributed by atoms with Gasteiger partial charge in [0.25, 0.3) is 0 Å². The van der Waals surface area contributed by atoms with Gasteiger partial charge >= 0.3 is 0 Å². The maximum absolute atomic E-state index is 12.2. The summed E-state index contributed by atoms with van der Waals surface area (Å²) >= 11 is 0. The Morgan fingerprint density at radius 2 is 2.24 bits per heavy atom. The molecule has 2 heteroatoms. The van der Waals surface area contributed by atoms with Gasteiger partial charge in [0.15, 0.2) is 5.78 Å². The molecule has 0 saturated heterocycles. The molecule has 0 spiro atoms. The molecule has 1 unspecified atom stereocenters. The van der Waals surface area contributed by atoms with Crippen molar-refractivity contribution in [3.05, 3.63) is 46.8 Å². The molecular weight excluding hydrogens is 210 g/mol. The van der Waals surface area contributed by atoms with Gasteiger partial charge in [-0.05, 0) is 36.8 Å². The van der Waals surface area contributed by atoms with Gasteiger partial charge in [0, 0.05) is 23.4 Å². The van der Waals surface area contributed by atoms with Crippen molar-refractivity contribution in [1.29, 1.82) is 0 Å². The summed E-state index contributed by atoms with van der Waals surface area (Å²) in [6, 6.07) is 0. The second kappa shape index (κ2) is 4.02. The molecule has 0 fully saturated rings. The Balaban J connectivity index is 1.98. The summed E-state index contributed by atoms with van der Waals surface area (Å²) in [5.74, 6) is 0.824. The number of carbonyl (C=O) groups excluding carboxylic acids is 1. The van der Waals surface area contributed by atoms with E-state index in [9.17, 15) is 4.79 Å². The molecule has 17 heavy (non-hydrogen) atoms. The van der Waals surface area contributed by atoms with E-state index < -0.39 is 0 Å². The van der Waals surface area contributed by atoms with Crippen LogP contribution in [0.1, 0.15) is 32.6 Å². The third kappa shape index (κ3) is 1.88. The molecule has 2 aliphatic carbocycles. The van der Waals surface area contributed by atoms with E-state index in [2.05, 4.69) is 30.5 Å². The molecule has 0 radical (unpaired) electrons. The zero-order valence-corrected chi connectivity index (χ0v) is 10.1. The lowest BCUT2D eigenvalue weighted by molar-refractivity contribution is -0.114. The lowest BCUT2D eigenvalue weighted by Gasteiger charge is -2.20. The van der Waals surface area contributed by atoms with Gasteiger partial charge < -0.3 is 5.32 Å². The second-order valence-electron chi connectivity index (χ2n) is 5.12. The van der Waals surface area contributed by atoms with Gasteiger partial charge in [-0.25, -0.2) is 0 Å². The van der Waals surface area contributed by atoms with Crippen LogP contribution >= 0.6 is 0 Å². The Kier molecular flexibility index (Phi) is 2.50. The van der Waals surface area contributed by atoms with E-state index in [0.717, 1.165) is 36.2 Å². The van der Waals surface area contributed by atoms with Crippen molar-refractivity contribution in [2.24, 2.45) is 5.92 Å². The van der Waals surface area contributed by atoms with Crippen molar-refractivity contribution in [2.45, 2.75) is 32.6 Å². The Hall–Kier alpha value is -1.57. The molecule has 88 valence electrons. The van der Waals surface area contributed by atoms with E-state index in [-0.39, 0.29) is 5.78 Å². The zero-order chi connectivity index (χ0) is 11.8. The van der Waals surface area contributed by atoms with Crippen LogP contribution in [-0.4, -0.2) is 5.78 Å². The summed E-state index contributed by atoms with van der Waals surface area (Å²) in [5, 5.41) is 3.47. The number of nitrogens with one attached hydrogen (secondary N) is 1. The molecule has 0 aromatic carbocycles. The van der Waals surface area contributed by atoms with Crippen LogP contribution in [0.2, 0.25) is 0 Å². The molecule has 2 nitrogen and oxygen atoms in total. The third-order valence-electron chi connectivity index (χ3n) is 3.67. The number of carbonyl (C=O) groups is 1. The first-order valence-electron chi connectivity index (χ1n) is 6.34. The summed E-state index contributed by atoms with van der Waals surface area (Å²) in [4.78, 5) is 12.2. The van der Waals surface area contributed by atoms with Crippen LogP contribution in [0, 0.1) is 5.92 Å². The third-order valence-corrected chi connectivity index (χ3v) is 3.67. The van der Waals surface area contributed by atoms with Gasteiger partial charge in [-0.2, -0.15) is 0 Å². The highest BCUT2D eigenvalue weighted by Crippen LogP contribution is 2.31. The van der Waals surface area contributed by atoms with Gasteiger partial charge in [0.1, 0.15) is 0 Å². The van der Waals surface area contributed by atoms with Crippen LogP contribution in [-0.2, 0) is 4.79 Å². The lowest BCUT2D eigenvalue weighted by atomic mass is 9.90. The Labute approximate surface area is 102 Å². The maximum Gasteiger partial charge on any atom is 0.168 e. The highest BCUT2D eigenvalue weighted by Gasteiger charge is 2.24. The Morgan fingerprint density at radius 3 is 3.12 bits per heavy atom. The fourth-order valence-electron chi connectivity index (χ4n) is 2.75. The number of hydrogen-bond donors (Lipinski definition) is 1. The minimum absolute atomic E-state index is 0.274. The van der Waals surface area contributed by atoms with E-state index in [1.807, 2.05) is 6.08 Å². The van der Waals surface area contributed by atoms with Crippen molar-refractivity contribution < 1.29 is 4.79 Å². The summed E-state index contributed by atoms with van der Waals surface area (Å²) < 4.78 is 0. The number of Topliss-reactive ketones (excluding diaryl/α,β-unsaturated/α-hetero) is 1. The van der Waals surface area contributed by atoms with Crippen molar-refractivity contribution in [3.8, 4) is 0 Å². The molecule has 0 aromatic heterocycles. The molecule has 3 rings (SSSR count). The molecule has 0 aromatic rings. The van der Waals surface area contributed by atoms with Gasteiger partial charge in [0.2, 0.25) is 0 Å². The average molecular weight is 227 g/mol. The zero-order valence-electron chi connectivity index (χ0n) is 10.1. The molecule has 1 N–H and O–H groups in total. The molecule has 1 atom stereocenters. The highest BCUT2D eigenvalue weighted by molar-refractivity contribution is 6.01. The minimum Gasteiger partial charge on any atom is -0.358 e. The maximum atomic E-state index is 12.2. The van der Waals surface area contributed by atoms with E-state index in [1.165, 1.54) is 5.57 Å². The van der Waals surface area contributed by atoms with Gasteiger partial charge in [0.05, 0.1) is 0 Å². The standard InChI is InChI=1S/C15H17NO/c1-10-6-7-13-11(8-10)9-15(17)12-4-2-3-5-14(12)16-13/h2,4,6-7,10,16H,3,5,8-9H2,1H3. The average Bonchev–Trinajstić information content (AvgIpc) is 2.46. The number of ketones is 1. The summed E-state index contributed by atoms with van der Waals surface area (Å²) in [6.45, 7) is 2.20. The Bertz CT molecular complexity index is 491. The van der Waals surface area contributed by atoms with E-state index in [4.69, 9.17) is 0 Å². The molecule has 1 aliphatic heterocycles. The normalized spacial score (nSPS) is 27.6. The van der Waals surface area contributed by atoms with E-state index in [1.54, 1.807) is 0 Å². The highest BCUT2D eigenvalue weighted by atomic mass is 16.1. The number of rotatable bonds is 0. The summed E-state index contributed by atoms with van der Waals surface area (Å²) in [5.41, 5.74) is 4.44. The predicted octanol–water partition coefficient (Wildman–Crippen LogP) is 3.00. The predicted molar refractivity (Wildman–Crippen MR) is 68.1 cm³/mol. The summed E-state index contributed by atoms with van der Waals surface area (Å²) in [7, 11) is 0. The van der Waals surface area contributed by atoms with Crippen LogP contribution in [0.3, 0.4) is 0 Å². The molecule has 3 aliphatic rings. The largest absolute Gasteiger partial charge is 0.358 e. The molecule has 1 heterocycles. The van der Waals surface area contributed by atoms with E-state index in [0.29, 0.717) is 12.3 Å². The number of allylic oxidation sites excluding steroid dienone is 7. The Morgan fingerprint density at radius 1 is 1.35 bits per heavy atom. The van der Waals surface area contributed by atoms with E-state index >= 15 is 0 Å². The number of hydrogen-bond acceptors (Lipinski definition) is 2. The lowest BCUT2D eigenvalue weighted by Crippen LogP contribution is -2.17. The topological polar surface area (TPSA) is 29.1 Å². The van der Waals surface area contributed by atoms with Crippen molar-refractivity contribution >= 4 is 5.78 Å². The fraction of sp³-hybridized carbons (Fsp3) is 0.400. The monoisotopic (exact) mass is 227 g/mol. The molecule has 0 amide bonds. The van der Waals surface area contributed by atoms with Gasteiger partial charge in [-0.1, -0.05) is 25.2 Å². The van der Waals surface area contributed by atoms with Gasteiger partial charge in [-0.3, -0.25) is 4.79 Å². The molecule has 0 bridgehead atoms. The smallest absolute Gasteiger partial charge is 0.168 e. The molecule has 0 saturated carbocycles. The molecular formula is C15H17NO. The first kappa shape index (κ1) is 10.6. The fourth-order valence-corrected chi connectivity index (χ4v) is 2.75. The van der Waals surface area contributed by atoms with Crippen molar-refractivity contribution in [2.75, 3.05) is 0 Å². The summed E-state index contributed by atoms with van der Waals surface area (Å²) in [6.07, 6.45) is 12.0. The van der Waals surface area contributed by atoms with Crippen LogP contribution in [0.15, 0.2) is 46.8 Å². The van der Waals surface area contributed by atoms with Crippen LogP contribution in [0.5, 0.6) is 0 Å².